The van der Waals surface area contributed by atoms with Gasteiger partial charge < -0.3 is 15.2 Å². The van der Waals surface area contributed by atoms with Gasteiger partial charge in [-0.3, -0.25) is 0 Å². The molecule has 18 heavy (non-hydrogen) atoms. The van der Waals surface area contributed by atoms with Crippen molar-refractivity contribution in [2.24, 2.45) is 5.73 Å². The van der Waals surface area contributed by atoms with Crippen molar-refractivity contribution in [1.82, 2.24) is 14.5 Å². The second-order valence-corrected chi connectivity index (χ2v) is 5.86. The molecule has 2 atom stereocenters. The lowest BCUT2D eigenvalue weighted by Gasteiger charge is -2.47. The van der Waals surface area contributed by atoms with Crippen molar-refractivity contribution in [3.05, 3.63) is 18.2 Å². The predicted octanol–water partition coefficient (Wildman–Crippen LogP) is 1.57. The zero-order valence-electron chi connectivity index (χ0n) is 11.3. The molecule has 0 saturated carbocycles. The molecule has 2 aliphatic heterocycles. The number of rotatable bonds is 3. The van der Waals surface area contributed by atoms with Gasteiger partial charge in [0.2, 0.25) is 0 Å². The molecule has 0 radical (unpaired) electrons. The van der Waals surface area contributed by atoms with Crippen molar-refractivity contribution in [2.45, 2.75) is 56.7 Å². The van der Waals surface area contributed by atoms with Gasteiger partial charge >= 0.3 is 0 Å². The molecule has 2 N–H and O–H groups in total. The molecule has 2 unspecified atom stereocenters. The van der Waals surface area contributed by atoms with Gasteiger partial charge in [0.15, 0.2) is 0 Å². The summed E-state index contributed by atoms with van der Waals surface area (Å²) in [4.78, 5) is 6.93. The van der Waals surface area contributed by atoms with E-state index in [0.29, 0.717) is 12.6 Å². The van der Waals surface area contributed by atoms with Crippen molar-refractivity contribution in [1.29, 1.82) is 0 Å². The zero-order chi connectivity index (χ0) is 12.5. The van der Waals surface area contributed by atoms with Crippen LogP contribution in [0, 0.1) is 0 Å². The highest BCUT2D eigenvalue weighted by atomic mass is 15.2. The Morgan fingerprint density at radius 2 is 2.00 bits per heavy atom. The van der Waals surface area contributed by atoms with Crippen LogP contribution in [0.2, 0.25) is 0 Å². The number of nitrogens with zero attached hydrogens (tertiary/aromatic N) is 3. The topological polar surface area (TPSA) is 47.1 Å². The first-order valence-corrected chi connectivity index (χ1v) is 7.22. The van der Waals surface area contributed by atoms with E-state index in [-0.39, 0.29) is 0 Å². The number of aromatic nitrogens is 2. The van der Waals surface area contributed by atoms with E-state index < -0.39 is 0 Å². The normalized spacial score (nSPS) is 32.7. The third-order valence-corrected chi connectivity index (χ3v) is 4.86. The predicted molar refractivity (Wildman–Crippen MR) is 72.4 cm³/mol. The largest absolute Gasteiger partial charge is 0.331 e. The second-order valence-electron chi connectivity index (χ2n) is 5.86. The lowest BCUT2D eigenvalue weighted by atomic mass is 9.82. The molecule has 0 spiro atoms. The first-order valence-electron chi connectivity index (χ1n) is 7.22. The summed E-state index contributed by atoms with van der Waals surface area (Å²) in [6.45, 7) is 0.713. The molecule has 0 aliphatic carbocycles. The summed E-state index contributed by atoms with van der Waals surface area (Å²) in [7, 11) is 2.30. The van der Waals surface area contributed by atoms with E-state index in [1.807, 2.05) is 12.5 Å². The van der Waals surface area contributed by atoms with Gasteiger partial charge in [-0.05, 0) is 39.3 Å². The first-order chi connectivity index (χ1) is 8.79. The van der Waals surface area contributed by atoms with E-state index in [9.17, 15) is 0 Å². The summed E-state index contributed by atoms with van der Waals surface area (Å²) in [5.41, 5.74) is 6.99. The molecular formula is C14H24N4. The van der Waals surface area contributed by atoms with Gasteiger partial charge in [-0.15, -0.1) is 0 Å². The Balaban J connectivity index is 1.79. The molecule has 1 aromatic rings. The van der Waals surface area contributed by atoms with Gasteiger partial charge in [0, 0.05) is 36.4 Å². The van der Waals surface area contributed by atoms with Gasteiger partial charge in [0.05, 0.1) is 6.33 Å². The van der Waals surface area contributed by atoms with E-state index in [1.54, 1.807) is 0 Å². The van der Waals surface area contributed by atoms with E-state index in [0.717, 1.165) is 18.5 Å². The number of hydrogen-bond donors (Lipinski definition) is 1. The van der Waals surface area contributed by atoms with Gasteiger partial charge in [-0.1, -0.05) is 6.42 Å². The Morgan fingerprint density at radius 1 is 1.28 bits per heavy atom. The van der Waals surface area contributed by atoms with Crippen LogP contribution in [-0.2, 0) is 6.42 Å². The molecule has 2 bridgehead atoms. The fourth-order valence-electron chi connectivity index (χ4n) is 3.82. The Hall–Kier alpha value is -0.870. The molecule has 1 aromatic heterocycles. The summed E-state index contributed by atoms with van der Waals surface area (Å²) >= 11 is 0. The van der Waals surface area contributed by atoms with Crippen LogP contribution in [0.25, 0.3) is 0 Å². The molecule has 3 rings (SSSR count). The number of imidazole rings is 1. The van der Waals surface area contributed by atoms with Crippen LogP contribution in [0.4, 0.5) is 0 Å². The fraction of sp³-hybridized carbons (Fsp3) is 0.786. The van der Waals surface area contributed by atoms with Crippen LogP contribution in [0.1, 0.15) is 43.8 Å². The van der Waals surface area contributed by atoms with Crippen LogP contribution in [0.3, 0.4) is 0 Å². The Morgan fingerprint density at radius 3 is 2.67 bits per heavy atom. The molecule has 2 aliphatic rings. The van der Waals surface area contributed by atoms with E-state index >= 15 is 0 Å². The Bertz CT molecular complexity index is 386. The molecule has 4 heteroatoms. The average molecular weight is 248 g/mol. The molecule has 2 saturated heterocycles. The maximum atomic E-state index is 5.68. The van der Waals surface area contributed by atoms with Crippen molar-refractivity contribution < 1.29 is 0 Å². The van der Waals surface area contributed by atoms with Crippen LogP contribution in [0.5, 0.6) is 0 Å². The van der Waals surface area contributed by atoms with Crippen molar-refractivity contribution in [3.8, 4) is 0 Å². The van der Waals surface area contributed by atoms with Gasteiger partial charge in [-0.25, -0.2) is 4.98 Å². The first kappa shape index (κ1) is 12.2. The standard InChI is InChI=1S/C14H24N4/c1-17-11-3-2-4-12(17)8-14(7-11)18-10-16-9-13(18)5-6-15/h9-12,14H,2-8,15H2,1H3. The van der Waals surface area contributed by atoms with Gasteiger partial charge in [0.25, 0.3) is 0 Å². The minimum Gasteiger partial charge on any atom is -0.331 e. The number of piperidine rings is 2. The highest BCUT2D eigenvalue weighted by Gasteiger charge is 2.36. The molecule has 0 aromatic carbocycles. The van der Waals surface area contributed by atoms with Crippen LogP contribution in [0.15, 0.2) is 12.5 Å². The lowest BCUT2D eigenvalue weighted by Crippen LogP contribution is -2.50. The quantitative estimate of drug-likeness (QED) is 0.883. The number of fused-ring (bicyclic) bond motifs is 2. The van der Waals surface area contributed by atoms with Crippen LogP contribution < -0.4 is 5.73 Å². The molecule has 4 nitrogen and oxygen atoms in total. The van der Waals surface area contributed by atoms with Gasteiger partial charge in [-0.2, -0.15) is 0 Å². The third-order valence-electron chi connectivity index (χ3n) is 4.86. The van der Waals surface area contributed by atoms with Gasteiger partial charge in [0.1, 0.15) is 0 Å². The molecule has 2 fully saturated rings. The van der Waals surface area contributed by atoms with E-state index in [4.69, 9.17) is 5.73 Å². The Kier molecular flexibility index (Phi) is 3.39. The van der Waals surface area contributed by atoms with Crippen molar-refractivity contribution in [2.75, 3.05) is 13.6 Å². The molecular weight excluding hydrogens is 224 g/mol. The summed E-state index contributed by atoms with van der Waals surface area (Å²) in [6.07, 6.45) is 11.6. The maximum Gasteiger partial charge on any atom is 0.0950 e. The maximum absolute atomic E-state index is 5.68. The summed E-state index contributed by atoms with van der Waals surface area (Å²) < 4.78 is 2.39. The monoisotopic (exact) mass is 248 g/mol. The number of nitrogens with two attached hydrogens (primary N) is 1. The van der Waals surface area contributed by atoms with Crippen LogP contribution >= 0.6 is 0 Å². The zero-order valence-corrected chi connectivity index (χ0v) is 11.3. The smallest absolute Gasteiger partial charge is 0.0950 e. The minimum absolute atomic E-state index is 0.639. The number of hydrogen-bond acceptors (Lipinski definition) is 3. The SMILES string of the molecule is CN1C2CCCC1CC(n1cncc1CCN)C2. The van der Waals surface area contributed by atoms with Crippen molar-refractivity contribution >= 4 is 0 Å². The average Bonchev–Trinajstić information content (AvgIpc) is 2.77. The van der Waals surface area contributed by atoms with Crippen LogP contribution in [-0.4, -0.2) is 40.1 Å². The lowest BCUT2D eigenvalue weighted by molar-refractivity contribution is 0.0394. The summed E-state index contributed by atoms with van der Waals surface area (Å²) in [5.74, 6) is 0. The Labute approximate surface area is 109 Å². The highest BCUT2D eigenvalue weighted by Crippen LogP contribution is 2.38. The molecule has 3 heterocycles. The summed E-state index contributed by atoms with van der Waals surface area (Å²) in [5, 5.41) is 0. The van der Waals surface area contributed by atoms with Crippen molar-refractivity contribution in [3.63, 3.8) is 0 Å². The van der Waals surface area contributed by atoms with E-state index in [1.165, 1.54) is 37.8 Å². The molecule has 100 valence electrons. The van der Waals surface area contributed by atoms with E-state index in [2.05, 4.69) is 21.5 Å². The highest BCUT2D eigenvalue weighted by molar-refractivity contribution is 5.04. The second kappa shape index (κ2) is 5.02. The summed E-state index contributed by atoms with van der Waals surface area (Å²) in [6, 6.07) is 2.19. The third kappa shape index (κ3) is 2.08. The molecule has 0 amide bonds. The fourth-order valence-corrected chi connectivity index (χ4v) is 3.82. The minimum atomic E-state index is 0.639.